The molecule has 1 aliphatic heterocycles. The Morgan fingerprint density at radius 3 is 2.44 bits per heavy atom. The van der Waals surface area contributed by atoms with E-state index in [4.69, 9.17) is 5.11 Å². The summed E-state index contributed by atoms with van der Waals surface area (Å²) in [5.74, 6) is 0.250. The number of nitrogens with zero attached hydrogens (tertiary/aromatic N) is 4. The van der Waals surface area contributed by atoms with Crippen molar-refractivity contribution in [2.75, 3.05) is 36.4 Å². The number of amides is 1. The van der Waals surface area contributed by atoms with E-state index in [0.717, 1.165) is 11.4 Å². The van der Waals surface area contributed by atoms with Crippen LogP contribution in [0.15, 0.2) is 39.9 Å². The first-order valence-corrected chi connectivity index (χ1v) is 8.56. The maximum Gasteiger partial charge on any atom is 0.407 e. The number of aryl methyl sites for hydroxylation is 1. The number of anilines is 3. The van der Waals surface area contributed by atoms with Crippen LogP contribution in [0.4, 0.5) is 22.0 Å². The minimum absolute atomic E-state index is 0.211. The lowest BCUT2D eigenvalue weighted by atomic mass is 10.2. The monoisotopic (exact) mass is 407 g/mol. The third kappa shape index (κ3) is 3.93. The maximum atomic E-state index is 12.1. The van der Waals surface area contributed by atoms with Gasteiger partial charge in [-0.25, -0.2) is 9.78 Å². The molecule has 0 radical (unpaired) electrons. The summed E-state index contributed by atoms with van der Waals surface area (Å²) in [5, 5.41) is 12.0. The lowest BCUT2D eigenvalue weighted by Crippen LogP contribution is -2.48. The summed E-state index contributed by atoms with van der Waals surface area (Å²) in [6.45, 7) is 2.31. The van der Waals surface area contributed by atoms with Gasteiger partial charge in [-0.05, 0) is 40.2 Å². The number of carboxylic acid groups (broad SMARTS) is 1. The van der Waals surface area contributed by atoms with Gasteiger partial charge in [0, 0.05) is 50.8 Å². The van der Waals surface area contributed by atoms with Gasteiger partial charge in [-0.15, -0.1) is 0 Å². The van der Waals surface area contributed by atoms with E-state index in [2.05, 4.69) is 31.1 Å². The highest BCUT2D eigenvalue weighted by atomic mass is 79.9. The standard InChI is InChI=1S/C16H18BrN5O3/c1-20-10-13(17)19-14(15(20)23)18-11-2-4-12(5-3-11)21-6-8-22(9-7-21)16(24)25/h2-5,10H,6-9H2,1H3,(H,18,19)(H,24,25). The predicted molar refractivity (Wildman–Crippen MR) is 98.7 cm³/mol. The van der Waals surface area contributed by atoms with E-state index in [9.17, 15) is 9.59 Å². The molecule has 1 aromatic carbocycles. The second-order valence-corrected chi connectivity index (χ2v) is 6.57. The molecule has 1 fully saturated rings. The van der Waals surface area contributed by atoms with Gasteiger partial charge in [0.2, 0.25) is 0 Å². The molecule has 0 aliphatic carbocycles. The van der Waals surface area contributed by atoms with Crippen LogP contribution in [0.3, 0.4) is 0 Å². The Morgan fingerprint density at radius 1 is 1.20 bits per heavy atom. The van der Waals surface area contributed by atoms with Gasteiger partial charge in [0.15, 0.2) is 5.82 Å². The first-order valence-electron chi connectivity index (χ1n) is 7.77. The molecule has 1 saturated heterocycles. The molecular formula is C16H18BrN5O3. The van der Waals surface area contributed by atoms with Crippen molar-refractivity contribution in [3.8, 4) is 0 Å². The van der Waals surface area contributed by atoms with E-state index in [1.165, 1.54) is 9.47 Å². The van der Waals surface area contributed by atoms with Crippen LogP contribution in [0.1, 0.15) is 0 Å². The Kier molecular flexibility index (Phi) is 4.93. The van der Waals surface area contributed by atoms with Crippen LogP contribution < -0.4 is 15.8 Å². The van der Waals surface area contributed by atoms with Crippen LogP contribution in [-0.2, 0) is 7.05 Å². The fourth-order valence-corrected chi connectivity index (χ4v) is 3.18. The van der Waals surface area contributed by atoms with Gasteiger partial charge in [-0.1, -0.05) is 0 Å². The molecule has 3 rings (SSSR count). The van der Waals surface area contributed by atoms with Crippen LogP contribution in [0, 0.1) is 0 Å². The van der Waals surface area contributed by atoms with Crippen molar-refractivity contribution in [1.29, 1.82) is 0 Å². The number of halogens is 1. The van der Waals surface area contributed by atoms with Crippen LogP contribution >= 0.6 is 15.9 Å². The van der Waals surface area contributed by atoms with E-state index in [-0.39, 0.29) is 11.4 Å². The lowest BCUT2D eigenvalue weighted by molar-refractivity contribution is 0.142. The van der Waals surface area contributed by atoms with Crippen molar-refractivity contribution in [2.45, 2.75) is 0 Å². The second-order valence-electron chi connectivity index (χ2n) is 5.76. The molecule has 0 spiro atoms. The average Bonchev–Trinajstić information content (AvgIpc) is 2.60. The quantitative estimate of drug-likeness (QED) is 0.809. The highest BCUT2D eigenvalue weighted by molar-refractivity contribution is 9.10. The molecule has 0 unspecified atom stereocenters. The highest BCUT2D eigenvalue weighted by Gasteiger charge is 2.20. The molecule has 1 amide bonds. The summed E-state index contributed by atoms with van der Waals surface area (Å²) in [6, 6.07) is 7.64. The zero-order chi connectivity index (χ0) is 18.0. The molecule has 2 heterocycles. The van der Waals surface area contributed by atoms with Gasteiger partial charge >= 0.3 is 6.09 Å². The lowest BCUT2D eigenvalue weighted by Gasteiger charge is -2.34. The Labute approximate surface area is 152 Å². The largest absolute Gasteiger partial charge is 0.465 e. The van der Waals surface area contributed by atoms with Crippen LogP contribution in [-0.4, -0.2) is 51.8 Å². The SMILES string of the molecule is Cn1cc(Br)nc(Nc2ccc(N3CCN(C(=O)O)CC3)cc2)c1=O. The zero-order valence-corrected chi connectivity index (χ0v) is 15.2. The molecule has 1 aliphatic rings. The number of aromatic nitrogens is 2. The number of benzene rings is 1. The summed E-state index contributed by atoms with van der Waals surface area (Å²) < 4.78 is 2.03. The van der Waals surface area contributed by atoms with Crippen LogP contribution in [0.25, 0.3) is 0 Å². The summed E-state index contributed by atoms with van der Waals surface area (Å²) >= 11 is 3.28. The summed E-state index contributed by atoms with van der Waals surface area (Å²) in [6.07, 6.45) is 0.732. The van der Waals surface area contributed by atoms with Gasteiger partial charge in [-0.2, -0.15) is 0 Å². The number of carbonyl (C=O) groups is 1. The predicted octanol–water partition coefficient (Wildman–Crippen LogP) is 2.09. The van der Waals surface area contributed by atoms with Crippen molar-refractivity contribution >= 4 is 39.2 Å². The average molecular weight is 408 g/mol. The summed E-state index contributed by atoms with van der Waals surface area (Å²) in [5.41, 5.74) is 1.57. The molecule has 132 valence electrons. The topological polar surface area (TPSA) is 90.7 Å². The van der Waals surface area contributed by atoms with Crippen molar-refractivity contribution in [2.24, 2.45) is 7.05 Å². The first-order chi connectivity index (χ1) is 11.9. The van der Waals surface area contributed by atoms with E-state index < -0.39 is 6.09 Å². The molecule has 0 bridgehead atoms. The minimum atomic E-state index is -0.873. The van der Waals surface area contributed by atoms with Crippen molar-refractivity contribution in [1.82, 2.24) is 14.5 Å². The molecule has 0 saturated carbocycles. The minimum Gasteiger partial charge on any atom is -0.465 e. The zero-order valence-electron chi connectivity index (χ0n) is 13.6. The third-order valence-electron chi connectivity index (χ3n) is 4.09. The Morgan fingerprint density at radius 2 is 1.84 bits per heavy atom. The summed E-state index contributed by atoms with van der Waals surface area (Å²) in [4.78, 5) is 30.8. The van der Waals surface area contributed by atoms with E-state index >= 15 is 0 Å². The molecule has 2 N–H and O–H groups in total. The van der Waals surface area contributed by atoms with E-state index in [0.29, 0.717) is 30.8 Å². The van der Waals surface area contributed by atoms with Gasteiger partial charge in [-0.3, -0.25) is 4.79 Å². The molecule has 8 nitrogen and oxygen atoms in total. The van der Waals surface area contributed by atoms with E-state index in [1.54, 1.807) is 13.2 Å². The number of hydrogen-bond acceptors (Lipinski definition) is 5. The Bertz CT molecular complexity index is 829. The number of piperazine rings is 1. The normalized spacial score (nSPS) is 14.5. The molecule has 9 heteroatoms. The fourth-order valence-electron chi connectivity index (χ4n) is 2.70. The molecule has 25 heavy (non-hydrogen) atoms. The van der Waals surface area contributed by atoms with Gasteiger partial charge in [0.1, 0.15) is 4.60 Å². The van der Waals surface area contributed by atoms with E-state index in [1.807, 2.05) is 24.3 Å². The fraction of sp³-hybridized carbons (Fsp3) is 0.312. The smallest absolute Gasteiger partial charge is 0.407 e. The first kappa shape index (κ1) is 17.3. The maximum absolute atomic E-state index is 12.1. The number of nitrogens with one attached hydrogen (secondary N) is 1. The highest BCUT2D eigenvalue weighted by Crippen LogP contribution is 2.21. The van der Waals surface area contributed by atoms with Crippen molar-refractivity contribution in [3.63, 3.8) is 0 Å². The molecule has 0 atom stereocenters. The van der Waals surface area contributed by atoms with Crippen LogP contribution in [0.2, 0.25) is 0 Å². The number of rotatable bonds is 3. The van der Waals surface area contributed by atoms with Gasteiger partial charge in [0.25, 0.3) is 5.56 Å². The van der Waals surface area contributed by atoms with Crippen LogP contribution in [0.5, 0.6) is 0 Å². The van der Waals surface area contributed by atoms with Crippen molar-refractivity contribution < 1.29 is 9.90 Å². The molecular weight excluding hydrogens is 390 g/mol. The second kappa shape index (κ2) is 7.14. The number of hydrogen-bond donors (Lipinski definition) is 2. The van der Waals surface area contributed by atoms with Crippen molar-refractivity contribution in [3.05, 3.63) is 45.4 Å². The summed E-state index contributed by atoms with van der Waals surface area (Å²) in [7, 11) is 1.67. The van der Waals surface area contributed by atoms with Gasteiger partial charge < -0.3 is 24.8 Å². The Balaban J connectivity index is 1.69. The third-order valence-corrected chi connectivity index (χ3v) is 4.47. The van der Waals surface area contributed by atoms with Gasteiger partial charge in [0.05, 0.1) is 0 Å². The molecule has 2 aromatic rings. The Hall–Kier alpha value is -2.55. The molecule has 1 aromatic heterocycles.